The molecule has 2 unspecified atom stereocenters. The second kappa shape index (κ2) is 7.55. The molecule has 5 nitrogen and oxygen atoms in total. The number of β-amino-alcohol motifs (C(OH)–C–C–N with tert-alkyl or cyclic N) is 1. The summed E-state index contributed by atoms with van der Waals surface area (Å²) in [5.41, 5.74) is 0.839. The minimum Gasteiger partial charge on any atom is -0.391 e. The number of hydrogen-bond acceptors (Lipinski definition) is 4. The Labute approximate surface area is 144 Å². The van der Waals surface area contributed by atoms with Crippen molar-refractivity contribution in [3.05, 3.63) is 71.0 Å². The largest absolute Gasteiger partial charge is 0.391 e. The molecular formula is C19H19FN2O3. The number of rotatable bonds is 5. The number of benzene rings is 2. The van der Waals surface area contributed by atoms with E-state index in [1.54, 1.807) is 24.3 Å². The molecule has 3 N–H and O–H groups in total. The molecule has 1 heterocycles. The number of ketones is 1. The lowest BCUT2D eigenvalue weighted by molar-refractivity contribution is 0.0917. The number of carbonyl (C=O) groups is 2. The van der Waals surface area contributed by atoms with E-state index in [1.807, 2.05) is 0 Å². The summed E-state index contributed by atoms with van der Waals surface area (Å²) in [5, 5.41) is 15.6. The van der Waals surface area contributed by atoms with Gasteiger partial charge < -0.3 is 15.7 Å². The zero-order valence-electron chi connectivity index (χ0n) is 13.5. The van der Waals surface area contributed by atoms with Gasteiger partial charge in [-0.3, -0.25) is 9.59 Å². The van der Waals surface area contributed by atoms with Gasteiger partial charge in [0.1, 0.15) is 5.82 Å². The van der Waals surface area contributed by atoms with Crippen molar-refractivity contribution in [3.63, 3.8) is 0 Å². The SMILES string of the molecule is O=C(NCC1CNCC1O)c1ccccc1C(=O)c1ccc(F)cc1. The van der Waals surface area contributed by atoms with Crippen LogP contribution in [-0.2, 0) is 0 Å². The highest BCUT2D eigenvalue weighted by molar-refractivity contribution is 6.15. The van der Waals surface area contributed by atoms with Gasteiger partial charge in [-0.2, -0.15) is 0 Å². The van der Waals surface area contributed by atoms with Crippen LogP contribution in [0.1, 0.15) is 26.3 Å². The Morgan fingerprint density at radius 1 is 1.08 bits per heavy atom. The van der Waals surface area contributed by atoms with E-state index in [0.717, 1.165) is 0 Å². The lowest BCUT2D eigenvalue weighted by Gasteiger charge is -2.15. The zero-order chi connectivity index (χ0) is 17.8. The Hall–Kier alpha value is -2.57. The fourth-order valence-electron chi connectivity index (χ4n) is 2.88. The first-order valence-electron chi connectivity index (χ1n) is 8.12. The van der Waals surface area contributed by atoms with Gasteiger partial charge in [0, 0.05) is 36.7 Å². The van der Waals surface area contributed by atoms with E-state index < -0.39 is 11.9 Å². The lowest BCUT2D eigenvalue weighted by Crippen LogP contribution is -2.35. The van der Waals surface area contributed by atoms with Crippen LogP contribution in [0.25, 0.3) is 0 Å². The van der Waals surface area contributed by atoms with Crippen molar-refractivity contribution in [3.8, 4) is 0 Å². The fraction of sp³-hybridized carbons (Fsp3) is 0.263. The highest BCUT2D eigenvalue weighted by Crippen LogP contribution is 2.16. The molecule has 2 aromatic rings. The van der Waals surface area contributed by atoms with E-state index in [-0.39, 0.29) is 28.7 Å². The molecule has 0 aliphatic carbocycles. The molecule has 6 heteroatoms. The van der Waals surface area contributed by atoms with Crippen molar-refractivity contribution in [1.82, 2.24) is 10.6 Å². The zero-order valence-corrected chi connectivity index (χ0v) is 13.5. The first kappa shape index (κ1) is 17.3. The lowest BCUT2D eigenvalue weighted by atomic mass is 9.97. The number of aliphatic hydroxyl groups excluding tert-OH is 1. The molecule has 0 saturated carbocycles. The maximum atomic E-state index is 13.0. The van der Waals surface area contributed by atoms with Gasteiger partial charge in [0.05, 0.1) is 11.7 Å². The van der Waals surface area contributed by atoms with Gasteiger partial charge in [0.15, 0.2) is 5.78 Å². The van der Waals surface area contributed by atoms with Crippen LogP contribution in [0.4, 0.5) is 4.39 Å². The summed E-state index contributed by atoms with van der Waals surface area (Å²) in [6, 6.07) is 11.7. The van der Waals surface area contributed by atoms with Crippen LogP contribution in [0.5, 0.6) is 0 Å². The van der Waals surface area contributed by atoms with Crippen LogP contribution >= 0.6 is 0 Å². The Kier molecular flexibility index (Phi) is 5.21. The van der Waals surface area contributed by atoms with E-state index in [0.29, 0.717) is 25.2 Å². The molecule has 2 atom stereocenters. The van der Waals surface area contributed by atoms with Crippen molar-refractivity contribution in [2.45, 2.75) is 6.10 Å². The molecule has 25 heavy (non-hydrogen) atoms. The highest BCUT2D eigenvalue weighted by atomic mass is 19.1. The molecule has 0 radical (unpaired) electrons. The fourth-order valence-corrected chi connectivity index (χ4v) is 2.88. The number of halogens is 1. The summed E-state index contributed by atoms with van der Waals surface area (Å²) in [5.74, 6) is -1.19. The third-order valence-electron chi connectivity index (χ3n) is 4.35. The molecule has 0 bridgehead atoms. The molecule has 1 saturated heterocycles. The summed E-state index contributed by atoms with van der Waals surface area (Å²) in [6.45, 7) is 1.48. The van der Waals surface area contributed by atoms with E-state index in [4.69, 9.17) is 0 Å². The van der Waals surface area contributed by atoms with Crippen LogP contribution in [0.15, 0.2) is 48.5 Å². The molecule has 0 spiro atoms. The summed E-state index contributed by atoms with van der Waals surface area (Å²) in [4.78, 5) is 25.1. The summed E-state index contributed by atoms with van der Waals surface area (Å²) < 4.78 is 13.0. The number of amides is 1. The van der Waals surface area contributed by atoms with Crippen LogP contribution in [-0.4, -0.2) is 42.5 Å². The third-order valence-corrected chi connectivity index (χ3v) is 4.35. The monoisotopic (exact) mass is 342 g/mol. The normalized spacial score (nSPS) is 19.6. The van der Waals surface area contributed by atoms with Crippen molar-refractivity contribution >= 4 is 11.7 Å². The Bertz CT molecular complexity index is 776. The maximum absolute atomic E-state index is 13.0. The minimum absolute atomic E-state index is 0.0519. The summed E-state index contributed by atoms with van der Waals surface area (Å²) in [6.07, 6.45) is -0.489. The smallest absolute Gasteiger partial charge is 0.252 e. The molecule has 1 amide bonds. The molecule has 130 valence electrons. The highest BCUT2D eigenvalue weighted by Gasteiger charge is 2.26. The summed E-state index contributed by atoms with van der Waals surface area (Å²) in [7, 11) is 0. The van der Waals surface area contributed by atoms with Crippen LogP contribution in [0, 0.1) is 11.7 Å². The number of aliphatic hydroxyl groups is 1. The Morgan fingerprint density at radius 2 is 1.76 bits per heavy atom. The van der Waals surface area contributed by atoms with E-state index >= 15 is 0 Å². The molecule has 3 rings (SSSR count). The molecule has 2 aromatic carbocycles. The molecule has 0 aromatic heterocycles. The first-order valence-corrected chi connectivity index (χ1v) is 8.12. The van der Waals surface area contributed by atoms with Crippen molar-refractivity contribution in [2.24, 2.45) is 5.92 Å². The first-order chi connectivity index (χ1) is 12.1. The predicted molar refractivity (Wildman–Crippen MR) is 91.0 cm³/mol. The van der Waals surface area contributed by atoms with Gasteiger partial charge in [-0.1, -0.05) is 18.2 Å². The average molecular weight is 342 g/mol. The van der Waals surface area contributed by atoms with E-state index in [2.05, 4.69) is 10.6 Å². The van der Waals surface area contributed by atoms with Gasteiger partial charge >= 0.3 is 0 Å². The molecular weight excluding hydrogens is 323 g/mol. The van der Waals surface area contributed by atoms with E-state index in [9.17, 15) is 19.1 Å². The molecule has 1 fully saturated rings. The van der Waals surface area contributed by atoms with E-state index in [1.165, 1.54) is 24.3 Å². The predicted octanol–water partition coefficient (Wildman–Crippen LogP) is 1.37. The van der Waals surface area contributed by atoms with Gasteiger partial charge in [-0.25, -0.2) is 4.39 Å². The van der Waals surface area contributed by atoms with Crippen LogP contribution < -0.4 is 10.6 Å². The number of hydrogen-bond donors (Lipinski definition) is 3. The summed E-state index contributed by atoms with van der Waals surface area (Å²) >= 11 is 0. The maximum Gasteiger partial charge on any atom is 0.252 e. The molecule has 1 aliphatic heterocycles. The Morgan fingerprint density at radius 3 is 2.40 bits per heavy atom. The van der Waals surface area contributed by atoms with Crippen molar-refractivity contribution in [1.29, 1.82) is 0 Å². The van der Waals surface area contributed by atoms with Gasteiger partial charge in [-0.15, -0.1) is 0 Å². The second-order valence-electron chi connectivity index (χ2n) is 6.08. The molecule has 1 aliphatic rings. The number of nitrogens with one attached hydrogen (secondary N) is 2. The van der Waals surface area contributed by atoms with Crippen molar-refractivity contribution < 1.29 is 19.1 Å². The third kappa shape index (κ3) is 3.92. The number of carbonyl (C=O) groups excluding carboxylic acids is 2. The second-order valence-corrected chi connectivity index (χ2v) is 6.08. The quantitative estimate of drug-likeness (QED) is 0.717. The average Bonchev–Trinajstić information content (AvgIpc) is 3.04. The minimum atomic E-state index is -0.489. The Balaban J connectivity index is 1.76. The van der Waals surface area contributed by atoms with Crippen LogP contribution in [0.2, 0.25) is 0 Å². The van der Waals surface area contributed by atoms with Gasteiger partial charge in [0.25, 0.3) is 5.91 Å². The topological polar surface area (TPSA) is 78.4 Å². The standard InChI is InChI=1S/C19H19FN2O3/c20-14-7-5-12(6-8-14)18(24)15-3-1-2-4-16(15)19(25)22-10-13-9-21-11-17(13)23/h1-8,13,17,21,23H,9-11H2,(H,22,25). The van der Waals surface area contributed by atoms with Gasteiger partial charge in [0.2, 0.25) is 0 Å². The van der Waals surface area contributed by atoms with Crippen LogP contribution in [0.3, 0.4) is 0 Å². The van der Waals surface area contributed by atoms with Gasteiger partial charge in [-0.05, 0) is 30.3 Å². The van der Waals surface area contributed by atoms with Crippen molar-refractivity contribution in [2.75, 3.05) is 19.6 Å².